The summed E-state index contributed by atoms with van der Waals surface area (Å²) in [6, 6.07) is 24.3. The molecule has 196 valence electrons. The van der Waals surface area contributed by atoms with E-state index in [9.17, 15) is 31.9 Å². The van der Waals surface area contributed by atoms with E-state index in [1.807, 2.05) is 0 Å². The van der Waals surface area contributed by atoms with Gasteiger partial charge in [-0.2, -0.15) is 0 Å². The van der Waals surface area contributed by atoms with E-state index in [0.717, 1.165) is 0 Å². The third-order valence-corrected chi connectivity index (χ3v) is 5.82. The van der Waals surface area contributed by atoms with Crippen LogP contribution >= 0.6 is 0 Å². The molecular formula is C29H21F5O4. The lowest BCUT2D eigenvalue weighted by molar-refractivity contribution is -0.170. The topological polar surface area (TPSA) is 55.8 Å². The number of aliphatic hydroxyl groups is 1. The normalized spacial score (nSPS) is 13.5. The van der Waals surface area contributed by atoms with Gasteiger partial charge < -0.3 is 14.6 Å². The number of aliphatic hydroxyl groups excluding tert-OH is 1. The van der Waals surface area contributed by atoms with Crippen LogP contribution in [0.15, 0.2) is 91.0 Å². The molecule has 0 saturated carbocycles. The molecule has 3 atom stereocenters. The first kappa shape index (κ1) is 27.0. The van der Waals surface area contributed by atoms with E-state index in [1.165, 1.54) is 12.1 Å². The summed E-state index contributed by atoms with van der Waals surface area (Å²) >= 11 is 0. The molecule has 0 fully saturated rings. The summed E-state index contributed by atoms with van der Waals surface area (Å²) in [7, 11) is 0. The highest BCUT2D eigenvalue weighted by atomic mass is 19.2. The lowest BCUT2D eigenvalue weighted by atomic mass is 9.97. The van der Waals surface area contributed by atoms with Crippen molar-refractivity contribution in [3.63, 3.8) is 0 Å². The molecule has 0 bridgehead atoms. The predicted molar refractivity (Wildman–Crippen MR) is 127 cm³/mol. The number of halogens is 5. The maximum Gasteiger partial charge on any atom is 0.340 e. The molecule has 0 aliphatic rings. The predicted octanol–water partition coefficient (Wildman–Crippen LogP) is 6.66. The summed E-state index contributed by atoms with van der Waals surface area (Å²) < 4.78 is 81.2. The first-order valence-electron chi connectivity index (χ1n) is 11.4. The fourth-order valence-electron chi connectivity index (χ4n) is 3.86. The second kappa shape index (κ2) is 12.0. The third kappa shape index (κ3) is 5.74. The van der Waals surface area contributed by atoms with Crippen LogP contribution < -0.4 is 0 Å². The highest BCUT2D eigenvalue weighted by molar-refractivity contribution is 5.76. The molecule has 0 aliphatic carbocycles. The van der Waals surface area contributed by atoms with Crippen molar-refractivity contribution in [2.75, 3.05) is 0 Å². The van der Waals surface area contributed by atoms with Gasteiger partial charge in [0.25, 0.3) is 0 Å². The maximum atomic E-state index is 14.4. The summed E-state index contributed by atoms with van der Waals surface area (Å²) in [5, 5.41) is 10.6. The second-order valence-electron chi connectivity index (χ2n) is 8.27. The van der Waals surface area contributed by atoms with Gasteiger partial charge in [-0.15, -0.1) is 0 Å². The van der Waals surface area contributed by atoms with Gasteiger partial charge in [-0.25, -0.2) is 26.7 Å². The fourth-order valence-corrected chi connectivity index (χ4v) is 3.86. The Balaban J connectivity index is 1.72. The molecule has 0 amide bonds. The molecule has 4 aromatic rings. The smallest absolute Gasteiger partial charge is 0.340 e. The number of hydrogen-bond acceptors (Lipinski definition) is 4. The van der Waals surface area contributed by atoms with E-state index >= 15 is 0 Å². The molecule has 0 aliphatic heterocycles. The number of rotatable bonds is 9. The Morgan fingerprint density at radius 3 is 1.47 bits per heavy atom. The third-order valence-electron chi connectivity index (χ3n) is 5.82. The second-order valence-corrected chi connectivity index (χ2v) is 8.27. The van der Waals surface area contributed by atoms with E-state index in [-0.39, 0.29) is 5.56 Å². The number of benzene rings is 4. The van der Waals surface area contributed by atoms with Gasteiger partial charge in [-0.05, 0) is 16.7 Å². The van der Waals surface area contributed by atoms with Gasteiger partial charge in [0, 0.05) is 0 Å². The summed E-state index contributed by atoms with van der Waals surface area (Å²) in [5.74, 6) is -11.6. The van der Waals surface area contributed by atoms with Crippen molar-refractivity contribution < 1.29 is 41.3 Å². The van der Waals surface area contributed by atoms with Crippen molar-refractivity contribution in [3.05, 3.63) is 142 Å². The van der Waals surface area contributed by atoms with Gasteiger partial charge in [-0.1, -0.05) is 91.0 Å². The Bertz CT molecular complexity index is 1360. The van der Waals surface area contributed by atoms with Gasteiger partial charge in [-0.3, -0.25) is 0 Å². The zero-order valence-electron chi connectivity index (χ0n) is 19.7. The molecule has 0 unspecified atom stereocenters. The average Bonchev–Trinajstić information content (AvgIpc) is 2.97. The monoisotopic (exact) mass is 528 g/mol. The summed E-state index contributed by atoms with van der Waals surface area (Å²) in [6.45, 7) is -1.03. The van der Waals surface area contributed by atoms with Crippen LogP contribution in [0, 0.1) is 29.1 Å². The molecule has 0 saturated heterocycles. The van der Waals surface area contributed by atoms with E-state index in [1.54, 1.807) is 78.9 Å². The van der Waals surface area contributed by atoms with Gasteiger partial charge in [0.2, 0.25) is 5.82 Å². The maximum absolute atomic E-state index is 14.4. The molecular weight excluding hydrogens is 507 g/mol. The minimum atomic E-state index is -2.28. The largest absolute Gasteiger partial charge is 0.452 e. The molecule has 0 spiro atoms. The van der Waals surface area contributed by atoms with Gasteiger partial charge in [0.05, 0.1) is 12.2 Å². The van der Waals surface area contributed by atoms with Crippen molar-refractivity contribution in [2.45, 2.75) is 24.9 Å². The van der Waals surface area contributed by atoms with Gasteiger partial charge >= 0.3 is 5.97 Å². The fraction of sp³-hybridized carbons (Fsp3) is 0.138. The number of carbonyl (C=O) groups is 1. The zero-order valence-corrected chi connectivity index (χ0v) is 19.7. The first-order chi connectivity index (χ1) is 18.3. The SMILES string of the molecule is O=C(O[C@H](c1ccccc1)[C@H](OCc1c(F)c(F)c(F)c(F)c1F)c1ccccc1)[C@@H](O)c1ccccc1. The summed E-state index contributed by atoms with van der Waals surface area (Å²) in [4.78, 5) is 13.0. The highest BCUT2D eigenvalue weighted by Gasteiger charge is 2.33. The molecule has 4 aromatic carbocycles. The Morgan fingerprint density at radius 1 is 0.605 bits per heavy atom. The summed E-state index contributed by atoms with van der Waals surface area (Å²) in [5.41, 5.74) is -0.132. The van der Waals surface area contributed by atoms with Crippen LogP contribution in [-0.2, 0) is 20.9 Å². The van der Waals surface area contributed by atoms with Crippen molar-refractivity contribution in [3.8, 4) is 0 Å². The van der Waals surface area contributed by atoms with Crippen molar-refractivity contribution in [1.29, 1.82) is 0 Å². The Kier molecular flexibility index (Phi) is 8.50. The quantitative estimate of drug-likeness (QED) is 0.114. The molecule has 38 heavy (non-hydrogen) atoms. The Hall–Kier alpha value is -4.08. The van der Waals surface area contributed by atoms with E-state index in [2.05, 4.69) is 0 Å². The highest BCUT2D eigenvalue weighted by Crippen LogP contribution is 2.38. The lowest BCUT2D eigenvalue weighted by Gasteiger charge is -2.29. The van der Waals surface area contributed by atoms with Crippen LogP contribution in [0.2, 0.25) is 0 Å². The molecule has 4 nitrogen and oxygen atoms in total. The molecule has 0 radical (unpaired) electrons. The van der Waals surface area contributed by atoms with E-state index in [0.29, 0.717) is 11.1 Å². The van der Waals surface area contributed by atoms with Crippen LogP contribution in [0.4, 0.5) is 22.0 Å². The van der Waals surface area contributed by atoms with Crippen LogP contribution in [-0.4, -0.2) is 11.1 Å². The number of esters is 1. The zero-order chi connectivity index (χ0) is 27.2. The number of hydrogen-bond donors (Lipinski definition) is 1. The molecule has 9 heteroatoms. The average molecular weight is 528 g/mol. The number of ether oxygens (including phenoxy) is 2. The number of carbonyl (C=O) groups excluding carboxylic acids is 1. The van der Waals surface area contributed by atoms with E-state index in [4.69, 9.17) is 9.47 Å². The van der Waals surface area contributed by atoms with E-state index < -0.39 is 65.5 Å². The minimum Gasteiger partial charge on any atom is -0.452 e. The first-order valence-corrected chi connectivity index (χ1v) is 11.4. The molecule has 0 aromatic heterocycles. The minimum absolute atomic E-state index is 0.267. The molecule has 1 N–H and O–H groups in total. The van der Waals surface area contributed by atoms with Crippen LogP contribution in [0.5, 0.6) is 0 Å². The standard InChI is InChI=1S/C29H21F5O4/c30-21-20(22(31)24(33)25(34)23(21)32)16-37-27(18-12-6-2-7-13-18)28(19-14-8-3-9-15-19)38-29(36)26(35)17-10-4-1-5-11-17/h1-15,26-28,35H,16H2/t26-,27+,28+/m0/s1. The van der Waals surface area contributed by atoms with Crippen LogP contribution in [0.25, 0.3) is 0 Å². The Labute approximate surface area is 214 Å². The molecule has 4 rings (SSSR count). The molecule has 0 heterocycles. The van der Waals surface area contributed by atoms with Crippen molar-refractivity contribution >= 4 is 5.97 Å². The summed E-state index contributed by atoms with van der Waals surface area (Å²) in [6.07, 6.45) is -4.19. The van der Waals surface area contributed by atoms with Crippen molar-refractivity contribution in [2.24, 2.45) is 0 Å². The Morgan fingerprint density at radius 2 is 1.00 bits per heavy atom. The van der Waals surface area contributed by atoms with Crippen LogP contribution in [0.1, 0.15) is 40.6 Å². The lowest BCUT2D eigenvalue weighted by Crippen LogP contribution is -2.24. The van der Waals surface area contributed by atoms with Crippen LogP contribution in [0.3, 0.4) is 0 Å². The van der Waals surface area contributed by atoms with Gasteiger partial charge in [0.1, 0.15) is 6.10 Å². The van der Waals surface area contributed by atoms with Gasteiger partial charge in [0.15, 0.2) is 35.5 Å². The van der Waals surface area contributed by atoms with Crippen molar-refractivity contribution in [1.82, 2.24) is 0 Å².